The maximum Gasteiger partial charge on any atom is 0.0984 e. The standard InChI is InChI=1S/C62H76N4S2/c1-5-7-9-11-12-13-14-15-16-17-18-19-20-21-22-23-24-31-41-66-54-42-46(4)67-61(54)62-55(66)44-56(68-62)51-38-36-45(3)57-60(51)64-58(47-32-26-25-27-33-47)59(63-57)48-37-39-50-49-34-28-29-35-52(49)65(53(50)43-48)40-30-10-8-6-2/h25-29,32-39,42-44H,5-24,30-31,40-41H2,1-4H3. The van der Waals surface area contributed by atoms with Crippen molar-refractivity contribution in [2.24, 2.45) is 0 Å². The van der Waals surface area contributed by atoms with Crippen molar-refractivity contribution in [1.29, 1.82) is 0 Å². The maximum atomic E-state index is 5.68. The molecule has 4 nitrogen and oxygen atoms in total. The lowest BCUT2D eigenvalue weighted by atomic mass is 10.0. The minimum Gasteiger partial charge on any atom is -0.340 e. The molecule has 4 aromatic carbocycles. The van der Waals surface area contributed by atoms with E-state index in [1.54, 1.807) is 0 Å². The van der Waals surface area contributed by atoms with Crippen LogP contribution in [0.4, 0.5) is 0 Å². The summed E-state index contributed by atoms with van der Waals surface area (Å²) in [4.78, 5) is 14.0. The molecule has 0 atom stereocenters. The molecule has 0 bridgehead atoms. The fourth-order valence-electron chi connectivity index (χ4n) is 10.9. The number of aryl methyl sites for hydroxylation is 4. The molecule has 0 aliphatic rings. The monoisotopic (exact) mass is 941 g/mol. The van der Waals surface area contributed by atoms with Gasteiger partial charge in [0.15, 0.2) is 0 Å². The first kappa shape index (κ1) is 48.3. The lowest BCUT2D eigenvalue weighted by Crippen LogP contribution is -2.00. The molecule has 0 fully saturated rings. The van der Waals surface area contributed by atoms with E-state index in [9.17, 15) is 0 Å². The number of benzene rings is 4. The summed E-state index contributed by atoms with van der Waals surface area (Å²) >= 11 is 3.89. The Morgan fingerprint density at radius 2 is 0.926 bits per heavy atom. The van der Waals surface area contributed by atoms with Crippen LogP contribution in [-0.2, 0) is 13.1 Å². The van der Waals surface area contributed by atoms with Crippen molar-refractivity contribution >= 4 is 75.9 Å². The average molecular weight is 941 g/mol. The maximum absolute atomic E-state index is 5.68. The number of fused-ring (bicyclic) bond motifs is 7. The van der Waals surface area contributed by atoms with Crippen LogP contribution in [0.3, 0.4) is 0 Å². The van der Waals surface area contributed by atoms with Gasteiger partial charge in [0.1, 0.15) is 0 Å². The summed E-state index contributed by atoms with van der Waals surface area (Å²) in [5.41, 5.74) is 13.7. The van der Waals surface area contributed by atoms with Crippen molar-refractivity contribution in [3.63, 3.8) is 0 Å². The average Bonchev–Trinajstić information content (AvgIpc) is 4.11. The minimum absolute atomic E-state index is 0.936. The molecule has 0 saturated carbocycles. The third-order valence-electron chi connectivity index (χ3n) is 14.7. The summed E-state index contributed by atoms with van der Waals surface area (Å²) in [7, 11) is 0. The molecule has 0 spiro atoms. The highest BCUT2D eigenvalue weighted by Crippen LogP contribution is 2.46. The molecule has 0 aliphatic carbocycles. The summed E-state index contributed by atoms with van der Waals surface area (Å²) in [5, 5.41) is 2.62. The molecule has 5 aromatic heterocycles. The molecule has 0 unspecified atom stereocenters. The van der Waals surface area contributed by atoms with Gasteiger partial charge < -0.3 is 9.13 Å². The number of thiophene rings is 2. The molecular weight excluding hydrogens is 865 g/mol. The number of rotatable bonds is 27. The van der Waals surface area contributed by atoms with E-state index >= 15 is 0 Å². The molecule has 0 saturated heterocycles. The van der Waals surface area contributed by atoms with Crippen molar-refractivity contribution in [1.82, 2.24) is 19.1 Å². The quantitative estimate of drug-likeness (QED) is 0.0482. The number of aromatic nitrogens is 4. The van der Waals surface area contributed by atoms with Crippen LogP contribution < -0.4 is 0 Å². The van der Waals surface area contributed by atoms with Gasteiger partial charge in [0.2, 0.25) is 0 Å². The van der Waals surface area contributed by atoms with Crippen LogP contribution >= 0.6 is 22.7 Å². The fraction of sp³-hybridized carbons (Fsp3) is 0.452. The third-order valence-corrected chi connectivity index (χ3v) is 17.1. The van der Waals surface area contributed by atoms with E-state index in [2.05, 4.69) is 134 Å². The smallest absolute Gasteiger partial charge is 0.0984 e. The molecule has 9 aromatic rings. The zero-order valence-corrected chi connectivity index (χ0v) is 43.4. The Morgan fingerprint density at radius 1 is 0.412 bits per heavy atom. The highest BCUT2D eigenvalue weighted by molar-refractivity contribution is 7.29. The van der Waals surface area contributed by atoms with Gasteiger partial charge in [-0.05, 0) is 56.5 Å². The van der Waals surface area contributed by atoms with Gasteiger partial charge in [0, 0.05) is 61.3 Å². The molecule has 0 aliphatic heterocycles. The van der Waals surface area contributed by atoms with E-state index in [1.165, 1.54) is 199 Å². The SMILES string of the molecule is CCCCCCCCCCCCCCCCCCCCn1c2cc(C)sc2c2sc(-c3ccc(C)c4nc(-c5ccc6c7ccccc7n(CCCCCC)c6c5)c(-c5ccccc5)nc34)cc21. The number of para-hydroxylation sites is 1. The van der Waals surface area contributed by atoms with E-state index in [0.29, 0.717) is 0 Å². The molecule has 68 heavy (non-hydrogen) atoms. The second kappa shape index (κ2) is 23.7. The Balaban J connectivity index is 0.924. The summed E-state index contributed by atoms with van der Waals surface area (Å²) in [6.45, 7) is 11.1. The number of hydrogen-bond donors (Lipinski definition) is 0. The molecule has 9 rings (SSSR count). The Morgan fingerprint density at radius 3 is 1.59 bits per heavy atom. The lowest BCUT2D eigenvalue weighted by Gasteiger charge is -2.15. The van der Waals surface area contributed by atoms with Gasteiger partial charge in [-0.15, -0.1) is 22.7 Å². The summed E-state index contributed by atoms with van der Waals surface area (Å²) < 4.78 is 8.03. The Bertz CT molecular complexity index is 3030. The first-order valence-electron chi connectivity index (χ1n) is 26.9. The van der Waals surface area contributed by atoms with Gasteiger partial charge in [-0.3, -0.25) is 0 Å². The van der Waals surface area contributed by atoms with Crippen molar-refractivity contribution in [2.75, 3.05) is 0 Å². The van der Waals surface area contributed by atoms with Crippen LogP contribution in [0.15, 0.2) is 97.1 Å². The van der Waals surface area contributed by atoms with E-state index < -0.39 is 0 Å². The Labute approximate surface area is 415 Å². The number of nitrogens with zero attached hydrogens (tertiary/aromatic N) is 4. The predicted octanol–water partition coefficient (Wildman–Crippen LogP) is 20.2. The normalized spacial score (nSPS) is 12.1. The van der Waals surface area contributed by atoms with Gasteiger partial charge >= 0.3 is 0 Å². The number of unbranched alkanes of at least 4 members (excludes halogenated alkanes) is 20. The second-order valence-electron chi connectivity index (χ2n) is 19.9. The fourth-order valence-corrected chi connectivity index (χ4v) is 13.2. The van der Waals surface area contributed by atoms with Gasteiger partial charge in [0.25, 0.3) is 0 Å². The molecule has 0 radical (unpaired) electrons. The van der Waals surface area contributed by atoms with Crippen molar-refractivity contribution < 1.29 is 0 Å². The predicted molar refractivity (Wildman–Crippen MR) is 300 cm³/mol. The van der Waals surface area contributed by atoms with Gasteiger partial charge in [-0.25, -0.2) is 9.97 Å². The second-order valence-corrected chi connectivity index (χ2v) is 22.2. The summed E-state index contributed by atoms with van der Waals surface area (Å²) in [6.07, 6.45) is 30.2. The van der Waals surface area contributed by atoms with Crippen molar-refractivity contribution in [2.45, 2.75) is 182 Å². The molecule has 0 amide bonds. The zero-order chi connectivity index (χ0) is 46.7. The van der Waals surface area contributed by atoms with Gasteiger partial charge in [-0.1, -0.05) is 215 Å². The third kappa shape index (κ3) is 11.0. The molecule has 356 valence electrons. The van der Waals surface area contributed by atoms with Crippen molar-refractivity contribution in [3.05, 3.63) is 108 Å². The van der Waals surface area contributed by atoms with E-state index in [4.69, 9.17) is 9.97 Å². The molecular formula is C62H76N4S2. The Kier molecular flexibility index (Phi) is 16.8. The molecule has 0 N–H and O–H groups in total. The van der Waals surface area contributed by atoms with E-state index in [1.807, 2.05) is 22.7 Å². The van der Waals surface area contributed by atoms with Gasteiger partial charge in [0.05, 0.1) is 42.9 Å². The van der Waals surface area contributed by atoms with Crippen LogP contribution in [0.25, 0.3) is 86.2 Å². The van der Waals surface area contributed by atoms with Crippen molar-refractivity contribution in [3.8, 4) is 33.0 Å². The lowest BCUT2D eigenvalue weighted by molar-refractivity contribution is 0.521. The first-order valence-corrected chi connectivity index (χ1v) is 28.6. The topological polar surface area (TPSA) is 35.6 Å². The molecule has 6 heteroatoms. The highest BCUT2D eigenvalue weighted by atomic mass is 32.1. The Hall–Kier alpha value is -4.78. The highest BCUT2D eigenvalue weighted by Gasteiger charge is 2.22. The van der Waals surface area contributed by atoms with Crippen LogP contribution in [0.1, 0.15) is 166 Å². The van der Waals surface area contributed by atoms with Crippen LogP contribution in [0, 0.1) is 13.8 Å². The van der Waals surface area contributed by atoms with Crippen LogP contribution in [0.2, 0.25) is 0 Å². The summed E-state index contributed by atoms with van der Waals surface area (Å²) in [5.74, 6) is 0. The largest absolute Gasteiger partial charge is 0.340 e. The van der Waals surface area contributed by atoms with E-state index in [0.717, 1.165) is 52.2 Å². The first-order chi connectivity index (χ1) is 33.5. The summed E-state index contributed by atoms with van der Waals surface area (Å²) in [6, 6.07) is 36.1. The molecule has 5 heterocycles. The minimum atomic E-state index is 0.936. The van der Waals surface area contributed by atoms with Crippen LogP contribution in [-0.4, -0.2) is 19.1 Å². The van der Waals surface area contributed by atoms with Crippen LogP contribution in [0.5, 0.6) is 0 Å². The number of hydrogen-bond acceptors (Lipinski definition) is 4. The van der Waals surface area contributed by atoms with Gasteiger partial charge in [-0.2, -0.15) is 0 Å². The van der Waals surface area contributed by atoms with E-state index in [-0.39, 0.29) is 0 Å². The zero-order valence-electron chi connectivity index (χ0n) is 41.8.